The van der Waals surface area contributed by atoms with Crippen LogP contribution in [0.15, 0.2) is 53.6 Å². The molecule has 0 saturated carbocycles. The predicted molar refractivity (Wildman–Crippen MR) is 116 cm³/mol. The van der Waals surface area contributed by atoms with Crippen LogP contribution in [0.1, 0.15) is 11.1 Å². The molecule has 1 fully saturated rings. The number of hydrogen-bond acceptors (Lipinski definition) is 7. The van der Waals surface area contributed by atoms with Crippen molar-refractivity contribution in [2.45, 2.75) is 18.7 Å². The van der Waals surface area contributed by atoms with Crippen LogP contribution in [0.25, 0.3) is 0 Å². The summed E-state index contributed by atoms with van der Waals surface area (Å²) < 4.78 is 40.7. The normalized spacial score (nSPS) is 15.1. The summed E-state index contributed by atoms with van der Waals surface area (Å²) in [5.41, 5.74) is 1.49. The number of nitrogens with zero attached hydrogens (tertiary/aromatic N) is 5. The second kappa shape index (κ2) is 8.56. The van der Waals surface area contributed by atoms with Gasteiger partial charge in [0.15, 0.2) is 11.6 Å². The molecule has 1 aromatic carbocycles. The number of pyridine rings is 1. The Hall–Kier alpha value is -3.11. The Morgan fingerprint density at radius 2 is 1.71 bits per heavy atom. The molecule has 1 N–H and O–H groups in total. The molecule has 0 radical (unpaired) electrons. The summed E-state index contributed by atoms with van der Waals surface area (Å²) >= 11 is 0. The topological polar surface area (TPSA) is 91.3 Å². The molecular weight excluding hydrogens is 419 g/mol. The number of rotatable bonds is 5. The highest BCUT2D eigenvalue weighted by molar-refractivity contribution is 7.89. The second-order valence-corrected chi connectivity index (χ2v) is 9.33. The molecule has 162 valence electrons. The van der Waals surface area contributed by atoms with E-state index >= 15 is 0 Å². The summed E-state index contributed by atoms with van der Waals surface area (Å²) in [5.74, 6) is 1.50. The van der Waals surface area contributed by atoms with Gasteiger partial charge in [-0.05, 0) is 67.4 Å². The van der Waals surface area contributed by atoms with E-state index < -0.39 is 15.8 Å². The van der Waals surface area contributed by atoms with E-state index in [4.69, 9.17) is 0 Å². The molecule has 0 atom stereocenters. The Kier molecular flexibility index (Phi) is 5.84. The van der Waals surface area contributed by atoms with E-state index in [-0.39, 0.29) is 4.90 Å². The lowest BCUT2D eigenvalue weighted by Crippen LogP contribution is -2.49. The van der Waals surface area contributed by atoms with E-state index in [0.717, 1.165) is 5.56 Å². The fraction of sp³-hybridized carbons (Fsp3) is 0.286. The third kappa shape index (κ3) is 4.64. The van der Waals surface area contributed by atoms with E-state index in [1.807, 2.05) is 36.1 Å². The van der Waals surface area contributed by atoms with Crippen molar-refractivity contribution in [3.8, 4) is 0 Å². The highest BCUT2D eigenvalue weighted by Crippen LogP contribution is 2.23. The second-order valence-electron chi connectivity index (χ2n) is 7.42. The zero-order valence-corrected chi connectivity index (χ0v) is 18.1. The van der Waals surface area contributed by atoms with Crippen LogP contribution in [-0.2, 0) is 10.0 Å². The van der Waals surface area contributed by atoms with Crippen LogP contribution in [-0.4, -0.2) is 54.1 Å². The van der Waals surface area contributed by atoms with Crippen molar-refractivity contribution >= 4 is 27.5 Å². The van der Waals surface area contributed by atoms with E-state index in [9.17, 15) is 12.8 Å². The van der Waals surface area contributed by atoms with Gasteiger partial charge in [0, 0.05) is 32.4 Å². The molecule has 4 rings (SSSR count). The van der Waals surface area contributed by atoms with Gasteiger partial charge in [-0.2, -0.15) is 4.31 Å². The van der Waals surface area contributed by atoms with Crippen molar-refractivity contribution in [2.75, 3.05) is 36.4 Å². The lowest BCUT2D eigenvalue weighted by molar-refractivity contribution is 0.383. The SMILES string of the molecule is Cc1ccnc(Nc2ccc(N3CCN(S(=O)(=O)c4ccc(F)cc4C)CC3)nn2)c1. The summed E-state index contributed by atoms with van der Waals surface area (Å²) in [5, 5.41) is 11.6. The smallest absolute Gasteiger partial charge is 0.243 e. The molecule has 3 aromatic rings. The summed E-state index contributed by atoms with van der Waals surface area (Å²) in [6.07, 6.45) is 1.72. The average Bonchev–Trinajstić information content (AvgIpc) is 2.74. The van der Waals surface area contributed by atoms with Crippen LogP contribution in [0.2, 0.25) is 0 Å². The minimum Gasteiger partial charge on any atom is -0.352 e. The van der Waals surface area contributed by atoms with Gasteiger partial charge in [0.1, 0.15) is 11.6 Å². The summed E-state index contributed by atoms with van der Waals surface area (Å²) in [6.45, 7) is 5.19. The van der Waals surface area contributed by atoms with Gasteiger partial charge in [0.05, 0.1) is 4.90 Å². The number of halogens is 1. The van der Waals surface area contributed by atoms with Crippen LogP contribution >= 0.6 is 0 Å². The molecule has 1 aliphatic rings. The molecule has 0 aliphatic carbocycles. The molecule has 1 aliphatic heterocycles. The van der Waals surface area contributed by atoms with E-state index in [1.165, 1.54) is 22.5 Å². The molecule has 0 spiro atoms. The van der Waals surface area contributed by atoms with Gasteiger partial charge in [0.2, 0.25) is 10.0 Å². The first-order valence-corrected chi connectivity index (χ1v) is 11.3. The van der Waals surface area contributed by atoms with Crippen LogP contribution in [0, 0.1) is 19.7 Å². The molecule has 0 amide bonds. The van der Waals surface area contributed by atoms with Crippen molar-refractivity contribution < 1.29 is 12.8 Å². The maximum absolute atomic E-state index is 13.3. The first-order valence-electron chi connectivity index (χ1n) is 9.87. The number of sulfonamides is 1. The van der Waals surface area contributed by atoms with Gasteiger partial charge < -0.3 is 10.2 Å². The number of piperazine rings is 1. The number of anilines is 3. The summed E-state index contributed by atoms with van der Waals surface area (Å²) in [6, 6.07) is 11.2. The maximum atomic E-state index is 13.3. The van der Waals surface area contributed by atoms with E-state index in [2.05, 4.69) is 20.5 Å². The lowest BCUT2D eigenvalue weighted by atomic mass is 10.2. The molecule has 8 nitrogen and oxygen atoms in total. The Balaban J connectivity index is 1.40. The fourth-order valence-corrected chi connectivity index (χ4v) is 5.12. The quantitative estimate of drug-likeness (QED) is 0.650. The third-order valence-electron chi connectivity index (χ3n) is 5.14. The molecule has 2 aromatic heterocycles. The minimum absolute atomic E-state index is 0.141. The first-order chi connectivity index (χ1) is 14.8. The number of benzene rings is 1. The van der Waals surface area contributed by atoms with Crippen molar-refractivity contribution in [3.05, 3.63) is 65.6 Å². The molecule has 10 heteroatoms. The van der Waals surface area contributed by atoms with Crippen LogP contribution < -0.4 is 10.2 Å². The fourth-order valence-electron chi connectivity index (χ4n) is 3.50. The van der Waals surface area contributed by atoms with Gasteiger partial charge in [-0.3, -0.25) is 0 Å². The number of nitrogens with one attached hydrogen (secondary N) is 1. The van der Waals surface area contributed by atoms with E-state index in [0.29, 0.717) is 49.2 Å². The van der Waals surface area contributed by atoms with Gasteiger partial charge in [0.25, 0.3) is 0 Å². The number of aryl methyl sites for hydroxylation is 2. The summed E-state index contributed by atoms with van der Waals surface area (Å²) in [4.78, 5) is 6.37. The third-order valence-corrected chi connectivity index (χ3v) is 7.20. The Labute approximate surface area is 180 Å². The minimum atomic E-state index is -3.67. The molecule has 0 bridgehead atoms. The maximum Gasteiger partial charge on any atom is 0.243 e. The molecule has 0 unspecified atom stereocenters. The van der Waals surface area contributed by atoms with Gasteiger partial charge in [-0.15, -0.1) is 10.2 Å². The van der Waals surface area contributed by atoms with E-state index in [1.54, 1.807) is 13.1 Å². The van der Waals surface area contributed by atoms with Crippen LogP contribution in [0.5, 0.6) is 0 Å². The van der Waals surface area contributed by atoms with Gasteiger partial charge in [-0.1, -0.05) is 0 Å². The zero-order valence-electron chi connectivity index (χ0n) is 17.3. The predicted octanol–water partition coefficient (Wildman–Crippen LogP) is 2.88. The standard InChI is InChI=1S/C21H23FN6O2S/c1-15-7-8-23-20(13-15)24-19-5-6-21(26-25-19)27-9-11-28(12-10-27)31(29,30)18-4-3-17(22)14-16(18)2/h3-8,13-14H,9-12H2,1-2H3,(H,23,24,25). The van der Waals surface area contributed by atoms with Crippen molar-refractivity contribution in [1.82, 2.24) is 19.5 Å². The van der Waals surface area contributed by atoms with Crippen molar-refractivity contribution in [3.63, 3.8) is 0 Å². The Morgan fingerprint density at radius 3 is 2.35 bits per heavy atom. The average molecular weight is 443 g/mol. The highest BCUT2D eigenvalue weighted by Gasteiger charge is 2.30. The Morgan fingerprint density at radius 1 is 0.935 bits per heavy atom. The lowest BCUT2D eigenvalue weighted by Gasteiger charge is -2.34. The van der Waals surface area contributed by atoms with Gasteiger partial charge >= 0.3 is 0 Å². The Bertz CT molecular complexity index is 1180. The largest absolute Gasteiger partial charge is 0.352 e. The molecular formula is C21H23FN6O2S. The highest BCUT2D eigenvalue weighted by atomic mass is 32.2. The van der Waals surface area contributed by atoms with Crippen molar-refractivity contribution in [1.29, 1.82) is 0 Å². The molecule has 3 heterocycles. The zero-order chi connectivity index (χ0) is 22.0. The molecule has 31 heavy (non-hydrogen) atoms. The molecule has 1 saturated heterocycles. The van der Waals surface area contributed by atoms with Crippen LogP contribution in [0.3, 0.4) is 0 Å². The number of aromatic nitrogens is 3. The van der Waals surface area contributed by atoms with Gasteiger partial charge in [-0.25, -0.2) is 17.8 Å². The number of hydrogen-bond donors (Lipinski definition) is 1. The monoisotopic (exact) mass is 442 g/mol. The first kappa shape index (κ1) is 21.1. The van der Waals surface area contributed by atoms with Crippen LogP contribution in [0.4, 0.5) is 21.8 Å². The summed E-state index contributed by atoms with van der Waals surface area (Å²) in [7, 11) is -3.67. The van der Waals surface area contributed by atoms with Crippen molar-refractivity contribution in [2.24, 2.45) is 0 Å².